The van der Waals surface area contributed by atoms with Gasteiger partial charge in [0.1, 0.15) is 0 Å². The van der Waals surface area contributed by atoms with Gasteiger partial charge in [0, 0.05) is 25.7 Å². The topological polar surface area (TPSA) is 38.5 Å². The molecule has 11 heavy (non-hydrogen) atoms. The van der Waals surface area contributed by atoms with Gasteiger partial charge >= 0.3 is 0 Å². The zero-order chi connectivity index (χ0) is 8.85. The van der Waals surface area contributed by atoms with Crippen molar-refractivity contribution in [1.29, 1.82) is 0 Å². The molecule has 3 nitrogen and oxygen atoms in total. The number of hydrogen-bond acceptors (Lipinski definition) is 3. The molecule has 0 radical (unpaired) electrons. The SMILES string of the molecule is COCC(C)N(C)C[C@H](C)N. The first-order valence-corrected chi connectivity index (χ1v) is 4.02. The molecule has 3 heteroatoms. The van der Waals surface area contributed by atoms with Crippen LogP contribution >= 0.6 is 0 Å². The summed E-state index contributed by atoms with van der Waals surface area (Å²) in [4.78, 5) is 2.20. The molecule has 0 aliphatic carbocycles. The van der Waals surface area contributed by atoms with Crippen LogP contribution in [0.2, 0.25) is 0 Å². The molecule has 0 aliphatic rings. The quantitative estimate of drug-likeness (QED) is 0.628. The average molecular weight is 160 g/mol. The highest BCUT2D eigenvalue weighted by molar-refractivity contribution is 4.66. The lowest BCUT2D eigenvalue weighted by molar-refractivity contribution is 0.113. The molecule has 0 fully saturated rings. The van der Waals surface area contributed by atoms with Crippen molar-refractivity contribution in [3.05, 3.63) is 0 Å². The maximum atomic E-state index is 5.64. The molecule has 0 bridgehead atoms. The summed E-state index contributed by atoms with van der Waals surface area (Å²) in [5, 5.41) is 0. The molecule has 2 N–H and O–H groups in total. The molecular formula is C8H20N2O. The summed E-state index contributed by atoms with van der Waals surface area (Å²) in [5.74, 6) is 0. The smallest absolute Gasteiger partial charge is 0.0615 e. The Kier molecular flexibility index (Phi) is 5.46. The number of ether oxygens (including phenoxy) is 1. The second-order valence-electron chi connectivity index (χ2n) is 3.22. The van der Waals surface area contributed by atoms with Crippen molar-refractivity contribution < 1.29 is 4.74 Å². The van der Waals surface area contributed by atoms with Gasteiger partial charge in [0.05, 0.1) is 6.61 Å². The highest BCUT2D eigenvalue weighted by Gasteiger charge is 2.09. The number of methoxy groups -OCH3 is 1. The van der Waals surface area contributed by atoms with E-state index in [0.717, 1.165) is 13.2 Å². The Hall–Kier alpha value is -0.120. The molecule has 1 unspecified atom stereocenters. The van der Waals surface area contributed by atoms with Crippen LogP contribution in [0.1, 0.15) is 13.8 Å². The molecule has 0 heterocycles. The van der Waals surface area contributed by atoms with Gasteiger partial charge in [0.2, 0.25) is 0 Å². The Balaban J connectivity index is 3.54. The maximum Gasteiger partial charge on any atom is 0.0615 e. The molecule has 0 aromatic carbocycles. The van der Waals surface area contributed by atoms with Crippen molar-refractivity contribution in [2.45, 2.75) is 25.9 Å². The van der Waals surface area contributed by atoms with E-state index in [1.54, 1.807) is 7.11 Å². The van der Waals surface area contributed by atoms with Crippen LogP contribution in [0.15, 0.2) is 0 Å². The van der Waals surface area contributed by atoms with Gasteiger partial charge < -0.3 is 10.5 Å². The highest BCUT2D eigenvalue weighted by Crippen LogP contribution is 1.95. The standard InChI is InChI=1S/C8H20N2O/c1-7(9)5-10(3)8(2)6-11-4/h7-8H,5-6,9H2,1-4H3/t7-,8?/m0/s1. The molecule has 0 aromatic rings. The van der Waals surface area contributed by atoms with E-state index in [0.29, 0.717) is 6.04 Å². The Morgan fingerprint density at radius 1 is 1.45 bits per heavy atom. The van der Waals surface area contributed by atoms with Crippen LogP contribution in [0.5, 0.6) is 0 Å². The van der Waals surface area contributed by atoms with Gasteiger partial charge in [-0.3, -0.25) is 4.90 Å². The summed E-state index contributed by atoms with van der Waals surface area (Å²) in [5.41, 5.74) is 5.64. The van der Waals surface area contributed by atoms with Crippen LogP contribution in [0.25, 0.3) is 0 Å². The van der Waals surface area contributed by atoms with E-state index >= 15 is 0 Å². The number of likely N-dealkylation sites (N-methyl/N-ethyl adjacent to an activating group) is 1. The zero-order valence-corrected chi connectivity index (χ0v) is 8.00. The third-order valence-electron chi connectivity index (χ3n) is 1.74. The summed E-state index contributed by atoms with van der Waals surface area (Å²) in [7, 11) is 3.78. The second-order valence-corrected chi connectivity index (χ2v) is 3.22. The predicted octanol–water partition coefficient (Wildman–Crippen LogP) is 0.300. The van der Waals surface area contributed by atoms with E-state index in [4.69, 9.17) is 10.5 Å². The monoisotopic (exact) mass is 160 g/mol. The molecule has 0 spiro atoms. The van der Waals surface area contributed by atoms with Gasteiger partial charge in [-0.25, -0.2) is 0 Å². The van der Waals surface area contributed by atoms with Crippen molar-refractivity contribution >= 4 is 0 Å². The van der Waals surface area contributed by atoms with Gasteiger partial charge in [-0.05, 0) is 20.9 Å². The fourth-order valence-corrected chi connectivity index (χ4v) is 1.00. The molecule has 2 atom stereocenters. The van der Waals surface area contributed by atoms with Crippen LogP contribution in [0.4, 0.5) is 0 Å². The van der Waals surface area contributed by atoms with E-state index in [2.05, 4.69) is 18.9 Å². The summed E-state index contributed by atoms with van der Waals surface area (Å²) in [6.07, 6.45) is 0. The molecule has 0 saturated heterocycles. The van der Waals surface area contributed by atoms with Gasteiger partial charge in [-0.2, -0.15) is 0 Å². The Morgan fingerprint density at radius 3 is 2.36 bits per heavy atom. The first-order chi connectivity index (χ1) is 5.07. The molecule has 0 rings (SSSR count). The number of rotatable bonds is 5. The predicted molar refractivity (Wildman–Crippen MR) is 47.6 cm³/mol. The third kappa shape index (κ3) is 5.18. The highest BCUT2D eigenvalue weighted by atomic mass is 16.5. The number of nitrogens with two attached hydrogens (primary N) is 1. The van der Waals surface area contributed by atoms with Crippen LogP contribution < -0.4 is 5.73 Å². The van der Waals surface area contributed by atoms with Crippen LogP contribution in [0.3, 0.4) is 0 Å². The van der Waals surface area contributed by atoms with Crippen LogP contribution in [-0.2, 0) is 4.74 Å². The molecular weight excluding hydrogens is 140 g/mol. The summed E-state index contributed by atoms with van der Waals surface area (Å²) >= 11 is 0. The maximum absolute atomic E-state index is 5.64. The Labute approximate surface area is 69.5 Å². The summed E-state index contributed by atoms with van der Waals surface area (Å²) < 4.78 is 5.02. The van der Waals surface area contributed by atoms with Crippen molar-refractivity contribution in [2.75, 3.05) is 27.3 Å². The second kappa shape index (κ2) is 5.52. The molecule has 0 aliphatic heterocycles. The van der Waals surface area contributed by atoms with Gasteiger partial charge in [-0.1, -0.05) is 0 Å². The van der Waals surface area contributed by atoms with Crippen molar-refractivity contribution in [3.8, 4) is 0 Å². The minimum absolute atomic E-state index is 0.235. The lowest BCUT2D eigenvalue weighted by Gasteiger charge is -2.25. The molecule has 68 valence electrons. The minimum atomic E-state index is 0.235. The lowest BCUT2D eigenvalue weighted by Crippen LogP contribution is -2.40. The molecule has 0 amide bonds. The fourth-order valence-electron chi connectivity index (χ4n) is 1.00. The first-order valence-electron chi connectivity index (χ1n) is 4.02. The van der Waals surface area contributed by atoms with E-state index in [1.807, 2.05) is 6.92 Å². The third-order valence-corrected chi connectivity index (χ3v) is 1.74. The summed E-state index contributed by atoms with van der Waals surface area (Å²) in [6, 6.07) is 0.685. The normalized spacial score (nSPS) is 16.9. The lowest BCUT2D eigenvalue weighted by atomic mass is 10.2. The minimum Gasteiger partial charge on any atom is -0.383 e. The van der Waals surface area contributed by atoms with Gasteiger partial charge in [0.25, 0.3) is 0 Å². The molecule has 0 saturated carbocycles. The van der Waals surface area contributed by atoms with Gasteiger partial charge in [0.15, 0.2) is 0 Å². The number of nitrogens with zero attached hydrogens (tertiary/aromatic N) is 1. The fraction of sp³-hybridized carbons (Fsp3) is 1.00. The van der Waals surface area contributed by atoms with E-state index in [9.17, 15) is 0 Å². The Morgan fingerprint density at radius 2 is 2.00 bits per heavy atom. The number of hydrogen-bond donors (Lipinski definition) is 1. The van der Waals surface area contributed by atoms with Crippen molar-refractivity contribution in [1.82, 2.24) is 4.90 Å². The van der Waals surface area contributed by atoms with E-state index in [-0.39, 0.29) is 6.04 Å². The van der Waals surface area contributed by atoms with Crippen molar-refractivity contribution in [3.63, 3.8) is 0 Å². The molecule has 0 aromatic heterocycles. The summed E-state index contributed by atoms with van der Waals surface area (Å²) in [6.45, 7) is 5.83. The first kappa shape index (κ1) is 10.9. The van der Waals surface area contributed by atoms with Crippen molar-refractivity contribution in [2.24, 2.45) is 5.73 Å². The van der Waals surface area contributed by atoms with E-state index < -0.39 is 0 Å². The Bertz CT molecular complexity index is 96.1. The average Bonchev–Trinajstić information content (AvgIpc) is 1.86. The largest absolute Gasteiger partial charge is 0.383 e. The van der Waals surface area contributed by atoms with Gasteiger partial charge in [-0.15, -0.1) is 0 Å². The van der Waals surface area contributed by atoms with E-state index in [1.165, 1.54) is 0 Å². The van der Waals surface area contributed by atoms with Crippen LogP contribution in [0, 0.1) is 0 Å². The van der Waals surface area contributed by atoms with Crippen LogP contribution in [-0.4, -0.2) is 44.3 Å². The zero-order valence-electron chi connectivity index (χ0n) is 8.00.